The molecule has 1 aliphatic heterocycles. The van der Waals surface area contributed by atoms with E-state index in [1.807, 2.05) is 65.3 Å². The van der Waals surface area contributed by atoms with Gasteiger partial charge in [-0.05, 0) is 84.4 Å². The first-order valence-electron chi connectivity index (χ1n) is 24.5. The highest BCUT2D eigenvalue weighted by Gasteiger charge is 2.34. The second-order valence-electron chi connectivity index (χ2n) is 18.8. The van der Waals surface area contributed by atoms with Gasteiger partial charge in [0, 0.05) is 58.2 Å². The molecule has 0 bridgehead atoms. The summed E-state index contributed by atoms with van der Waals surface area (Å²) in [5, 5.41) is 53.4. The third-order valence-corrected chi connectivity index (χ3v) is 14.0. The van der Waals surface area contributed by atoms with Gasteiger partial charge in [-0.3, -0.25) is 9.59 Å². The van der Waals surface area contributed by atoms with Gasteiger partial charge in [0.05, 0.1) is 12.7 Å². The number of halogens is 1. The number of likely N-dealkylation sites (tertiary alicyclic amines) is 1. The summed E-state index contributed by atoms with van der Waals surface area (Å²) in [6, 6.07) is 24.3. The van der Waals surface area contributed by atoms with E-state index < -0.39 is 43.0 Å². The minimum Gasteiger partial charge on any atom is -0.448 e. The molecule has 1 aliphatic carbocycles. The fourth-order valence-corrected chi connectivity index (χ4v) is 9.71. The number of nitrogen functional groups attached to an aromatic ring is 2. The zero-order valence-electron chi connectivity index (χ0n) is 40.3. The highest BCUT2D eigenvalue weighted by Crippen LogP contribution is 2.44. The second kappa shape index (κ2) is 26.2. The molecule has 2 heterocycles. The van der Waals surface area contributed by atoms with Gasteiger partial charge in [-0.15, -0.1) is 0 Å². The van der Waals surface area contributed by atoms with E-state index in [1.54, 1.807) is 4.90 Å². The first-order chi connectivity index (χ1) is 33.7. The van der Waals surface area contributed by atoms with Crippen LogP contribution in [0.4, 0.5) is 16.4 Å². The molecule has 3 aromatic carbocycles. The van der Waals surface area contributed by atoms with E-state index in [-0.39, 0.29) is 78.8 Å². The van der Waals surface area contributed by atoms with Crippen molar-refractivity contribution in [2.24, 2.45) is 11.8 Å². The van der Waals surface area contributed by atoms with Crippen molar-refractivity contribution in [3.63, 3.8) is 0 Å². The van der Waals surface area contributed by atoms with E-state index >= 15 is 0 Å². The summed E-state index contributed by atoms with van der Waals surface area (Å²) in [7, 11) is 0. The fourth-order valence-electron chi connectivity index (χ4n) is 9.58. The number of fused-ring (bicyclic) bond motifs is 3. The standard InChI is InChI=1S/C52H71ClN8O9/c1-3-4-5-12-22-59(30-42(63)46(66)47(67)43(64)31-62)23-21-44(65)60-24-19-34(20-25-60)28-61(52(69)70-32-41-39-17-10-8-15-37(39)38-16-9-11-18-40(38)41)29-35(26-36-14-7-6-13-33(36)2)27-56-51(68)45-49(54)58-50(55)48(53)57-45/h6-11,13-18,34-35,41-43,46-47,62-64,66-67H,3-5,12,19-32H2,1-2H3,(H,56,68)(H4,54,55,58)/t35-,42+,43+,46+,47+/m0/s1. The van der Waals surface area contributed by atoms with Crippen LogP contribution in [-0.4, -0.2) is 158 Å². The average molecular weight is 988 g/mol. The van der Waals surface area contributed by atoms with Gasteiger partial charge >= 0.3 is 6.09 Å². The predicted octanol–water partition coefficient (Wildman–Crippen LogP) is 4.39. The van der Waals surface area contributed by atoms with Gasteiger partial charge in [0.25, 0.3) is 5.91 Å². The molecule has 0 saturated carbocycles. The van der Waals surface area contributed by atoms with E-state index in [1.165, 1.54) is 0 Å². The van der Waals surface area contributed by atoms with Gasteiger partial charge in [-0.2, -0.15) is 0 Å². The molecular weight excluding hydrogens is 916 g/mol. The number of nitrogens with one attached hydrogen (secondary N) is 1. The first kappa shape index (κ1) is 53.9. The van der Waals surface area contributed by atoms with E-state index in [0.29, 0.717) is 52.0 Å². The van der Waals surface area contributed by atoms with Crippen LogP contribution in [0.5, 0.6) is 0 Å². The average Bonchev–Trinajstić information content (AvgIpc) is 3.69. The smallest absolute Gasteiger partial charge is 0.409 e. The number of anilines is 2. The van der Waals surface area contributed by atoms with Crippen LogP contribution in [0.1, 0.15) is 90.5 Å². The Morgan fingerprint density at radius 3 is 2.14 bits per heavy atom. The summed E-state index contributed by atoms with van der Waals surface area (Å²) in [4.78, 5) is 55.3. The molecule has 1 fully saturated rings. The molecule has 18 heteroatoms. The number of aliphatic hydroxyl groups excluding tert-OH is 5. The third-order valence-electron chi connectivity index (χ3n) is 13.7. The second-order valence-corrected chi connectivity index (χ2v) is 19.1. The van der Waals surface area contributed by atoms with E-state index in [4.69, 9.17) is 27.8 Å². The van der Waals surface area contributed by atoms with Crippen molar-refractivity contribution in [2.75, 3.05) is 77.0 Å². The summed E-state index contributed by atoms with van der Waals surface area (Å²) >= 11 is 6.12. The van der Waals surface area contributed by atoms with Crippen LogP contribution < -0.4 is 16.8 Å². The maximum absolute atomic E-state index is 14.6. The molecule has 0 radical (unpaired) electrons. The number of carbonyl (C=O) groups excluding carboxylic acids is 3. The SMILES string of the molecule is CCCCCCN(CCC(=O)N1CCC(CN(C[C@H](CNC(=O)c2nc(Cl)c(N)nc2N)Cc2ccccc2C)C(=O)OCC2c3ccccc3-c3ccccc32)CC1)C[C@@H](O)[C@@H](O)[C@H](O)[C@H](O)CO. The Kier molecular flexibility index (Phi) is 20.2. The molecule has 4 aromatic rings. The van der Waals surface area contributed by atoms with Crippen LogP contribution in [0.3, 0.4) is 0 Å². The quantitative estimate of drug-likeness (QED) is 0.0429. The van der Waals surface area contributed by atoms with Crippen LogP contribution >= 0.6 is 11.6 Å². The van der Waals surface area contributed by atoms with Crippen molar-refractivity contribution in [2.45, 2.75) is 95.5 Å². The molecule has 1 aromatic heterocycles. The highest BCUT2D eigenvalue weighted by atomic mass is 35.5. The highest BCUT2D eigenvalue weighted by molar-refractivity contribution is 6.31. The largest absolute Gasteiger partial charge is 0.448 e. The van der Waals surface area contributed by atoms with Crippen LogP contribution in [0, 0.1) is 18.8 Å². The molecule has 17 nitrogen and oxygen atoms in total. The first-order valence-corrected chi connectivity index (χ1v) is 24.9. The number of unbranched alkanes of at least 4 members (excludes halogenated alkanes) is 3. The number of piperidine rings is 1. The Balaban J connectivity index is 1.15. The summed E-state index contributed by atoms with van der Waals surface area (Å²) in [6.07, 6.45) is -1.15. The lowest BCUT2D eigenvalue weighted by Gasteiger charge is -2.36. The molecule has 0 unspecified atom stereocenters. The summed E-state index contributed by atoms with van der Waals surface area (Å²) in [5.74, 6) is -1.32. The monoisotopic (exact) mass is 987 g/mol. The number of aryl methyl sites for hydroxylation is 1. The molecule has 0 spiro atoms. The number of nitrogens with two attached hydrogens (primary N) is 2. The number of amides is 3. The number of hydrogen-bond acceptors (Lipinski definition) is 14. The van der Waals surface area contributed by atoms with Gasteiger partial charge in [-0.25, -0.2) is 14.8 Å². The zero-order valence-corrected chi connectivity index (χ0v) is 41.1. The van der Waals surface area contributed by atoms with Crippen molar-refractivity contribution < 1.29 is 44.7 Å². The fraction of sp³-hybridized carbons (Fsp3) is 0.519. The van der Waals surface area contributed by atoms with Crippen molar-refractivity contribution in [3.8, 4) is 11.1 Å². The number of aliphatic hydroxyl groups is 5. The lowest BCUT2D eigenvalue weighted by Crippen LogP contribution is -2.50. The number of aromatic nitrogens is 2. The van der Waals surface area contributed by atoms with Gasteiger partial charge in [0.2, 0.25) is 5.91 Å². The zero-order chi connectivity index (χ0) is 50.3. The topological polar surface area (TPSA) is 261 Å². The van der Waals surface area contributed by atoms with Gasteiger partial charge in [-0.1, -0.05) is 111 Å². The van der Waals surface area contributed by atoms with E-state index in [9.17, 15) is 39.9 Å². The molecular formula is C52H71ClN8O9. The Hall–Kier alpha value is -5.40. The Labute approximate surface area is 415 Å². The number of ether oxygens (including phenoxy) is 1. The van der Waals surface area contributed by atoms with Crippen molar-refractivity contribution in [3.05, 3.63) is 106 Å². The Bertz CT molecular complexity index is 2310. The normalized spacial score (nSPS) is 16.0. The van der Waals surface area contributed by atoms with Gasteiger partial charge in [0.15, 0.2) is 22.5 Å². The molecule has 2 aliphatic rings. The minimum absolute atomic E-state index is 0.0256. The minimum atomic E-state index is -1.74. The molecule has 3 amide bonds. The Morgan fingerprint density at radius 1 is 0.843 bits per heavy atom. The molecule has 6 rings (SSSR count). The number of hydrogen-bond donors (Lipinski definition) is 8. The van der Waals surface area contributed by atoms with Crippen LogP contribution in [0.25, 0.3) is 11.1 Å². The maximum atomic E-state index is 14.6. The Morgan fingerprint density at radius 2 is 1.49 bits per heavy atom. The number of benzene rings is 3. The van der Waals surface area contributed by atoms with E-state index in [0.717, 1.165) is 59.1 Å². The molecule has 10 N–H and O–H groups in total. The van der Waals surface area contributed by atoms with E-state index in [2.05, 4.69) is 46.5 Å². The van der Waals surface area contributed by atoms with Gasteiger partial charge < -0.3 is 61.8 Å². The summed E-state index contributed by atoms with van der Waals surface area (Å²) in [6.45, 7) is 6.01. The van der Waals surface area contributed by atoms with Crippen LogP contribution in [-0.2, 0) is 16.0 Å². The maximum Gasteiger partial charge on any atom is 0.409 e. The summed E-state index contributed by atoms with van der Waals surface area (Å²) in [5.41, 5.74) is 18.2. The van der Waals surface area contributed by atoms with Crippen LogP contribution in [0.2, 0.25) is 5.15 Å². The summed E-state index contributed by atoms with van der Waals surface area (Å²) < 4.78 is 6.28. The lowest BCUT2D eigenvalue weighted by atomic mass is 9.93. The van der Waals surface area contributed by atoms with Crippen molar-refractivity contribution >= 4 is 41.1 Å². The number of nitrogens with zero attached hydrogens (tertiary/aromatic N) is 5. The lowest BCUT2D eigenvalue weighted by molar-refractivity contribution is -0.133. The third kappa shape index (κ3) is 14.4. The molecule has 70 heavy (non-hydrogen) atoms. The van der Waals surface area contributed by atoms with Crippen LogP contribution in [0.15, 0.2) is 72.8 Å². The predicted molar refractivity (Wildman–Crippen MR) is 269 cm³/mol. The molecule has 1 saturated heterocycles. The number of carbonyl (C=O) groups is 3. The number of rotatable bonds is 25. The van der Waals surface area contributed by atoms with Crippen molar-refractivity contribution in [1.82, 2.24) is 30.0 Å². The molecule has 380 valence electrons. The van der Waals surface area contributed by atoms with Crippen molar-refractivity contribution in [1.29, 1.82) is 0 Å². The van der Waals surface area contributed by atoms with Gasteiger partial charge in [0.1, 0.15) is 24.9 Å². The molecule has 5 atom stereocenters.